The number of hydrogen-bond acceptors (Lipinski definition) is 5. The van der Waals surface area contributed by atoms with Crippen molar-refractivity contribution in [2.45, 2.75) is 44.9 Å². The topological polar surface area (TPSA) is 93.4 Å². The van der Waals surface area contributed by atoms with Crippen LogP contribution in [0.1, 0.15) is 38.8 Å². The summed E-state index contributed by atoms with van der Waals surface area (Å²) in [4.78, 5) is 16.3. The highest BCUT2D eigenvalue weighted by atomic mass is 32.2. The number of carbonyl (C=O) groups excluding carboxylic acids is 1. The summed E-state index contributed by atoms with van der Waals surface area (Å²) in [5.41, 5.74) is 1.19. The number of anilines is 1. The van der Waals surface area contributed by atoms with Crippen molar-refractivity contribution in [3.05, 3.63) is 18.0 Å². The lowest BCUT2D eigenvalue weighted by Crippen LogP contribution is -2.20. The van der Waals surface area contributed by atoms with Crippen molar-refractivity contribution >= 4 is 27.2 Å². The molecule has 0 unspecified atom stereocenters. The summed E-state index contributed by atoms with van der Waals surface area (Å²) in [5, 5.41) is 6.94. The number of aryl methyl sites for hydroxylation is 1. The van der Waals surface area contributed by atoms with Crippen LogP contribution in [0.15, 0.2) is 17.2 Å². The summed E-state index contributed by atoms with van der Waals surface area (Å²) in [6.07, 6.45) is 4.62. The summed E-state index contributed by atoms with van der Waals surface area (Å²) in [6, 6.07) is 1.72. The van der Waals surface area contributed by atoms with Crippen LogP contribution < -0.4 is 5.32 Å². The number of carbonyl (C=O) groups is 1. The molecule has 2 aromatic rings. The Balaban J connectivity index is 2.42. The van der Waals surface area contributed by atoms with E-state index >= 15 is 0 Å². The van der Waals surface area contributed by atoms with Gasteiger partial charge in [-0.15, -0.1) is 0 Å². The standard InChI is InChI=1S/C15H22N4O3S/c1-5-6-10(2)7-14(20)17-15-12(23(4,21)22)9-16-13-8-11(3)18-19(13)15/h8-10H,5-7H2,1-4H3,(H,17,20)/t10-/m0/s1. The molecule has 7 nitrogen and oxygen atoms in total. The van der Waals surface area contributed by atoms with E-state index in [0.717, 1.165) is 19.1 Å². The molecular formula is C15H22N4O3S. The monoisotopic (exact) mass is 338 g/mol. The molecule has 1 N–H and O–H groups in total. The minimum Gasteiger partial charge on any atom is -0.309 e. The Hall–Kier alpha value is -1.96. The van der Waals surface area contributed by atoms with E-state index < -0.39 is 9.84 Å². The highest BCUT2D eigenvalue weighted by Crippen LogP contribution is 2.22. The molecule has 2 heterocycles. The van der Waals surface area contributed by atoms with E-state index in [4.69, 9.17) is 0 Å². The molecule has 1 atom stereocenters. The van der Waals surface area contributed by atoms with Gasteiger partial charge in [0, 0.05) is 18.7 Å². The predicted molar refractivity (Wildman–Crippen MR) is 88.2 cm³/mol. The van der Waals surface area contributed by atoms with Gasteiger partial charge in [0.1, 0.15) is 4.90 Å². The average molecular weight is 338 g/mol. The van der Waals surface area contributed by atoms with Gasteiger partial charge in [0.05, 0.1) is 11.9 Å². The Bertz CT molecular complexity index is 827. The molecule has 0 fully saturated rings. The molecule has 0 bridgehead atoms. The first-order valence-electron chi connectivity index (χ1n) is 7.57. The molecule has 0 saturated heterocycles. The van der Waals surface area contributed by atoms with Gasteiger partial charge in [-0.05, 0) is 12.8 Å². The van der Waals surface area contributed by atoms with Gasteiger partial charge in [0.15, 0.2) is 21.3 Å². The van der Waals surface area contributed by atoms with Gasteiger partial charge >= 0.3 is 0 Å². The second-order valence-corrected chi connectivity index (χ2v) is 7.93. The Kier molecular flexibility index (Phi) is 5.03. The minimum atomic E-state index is -3.54. The quantitative estimate of drug-likeness (QED) is 0.871. The minimum absolute atomic E-state index is 0.0374. The summed E-state index contributed by atoms with van der Waals surface area (Å²) in [5.74, 6) is 0.161. The molecule has 1 amide bonds. The van der Waals surface area contributed by atoms with E-state index in [1.54, 1.807) is 13.0 Å². The summed E-state index contributed by atoms with van der Waals surface area (Å²) < 4.78 is 25.3. The molecule has 0 aromatic carbocycles. The lowest BCUT2D eigenvalue weighted by molar-refractivity contribution is -0.117. The van der Waals surface area contributed by atoms with Gasteiger partial charge in [-0.2, -0.15) is 9.61 Å². The Labute approximate surface area is 136 Å². The normalized spacial score (nSPS) is 13.2. The zero-order valence-corrected chi connectivity index (χ0v) is 14.6. The Morgan fingerprint density at radius 1 is 1.43 bits per heavy atom. The van der Waals surface area contributed by atoms with Crippen LogP contribution in [-0.2, 0) is 14.6 Å². The largest absolute Gasteiger partial charge is 0.309 e. The van der Waals surface area contributed by atoms with Crippen LogP contribution in [0.3, 0.4) is 0 Å². The molecule has 8 heteroatoms. The van der Waals surface area contributed by atoms with E-state index in [1.165, 1.54) is 10.7 Å². The van der Waals surface area contributed by atoms with Crippen molar-refractivity contribution in [1.82, 2.24) is 14.6 Å². The summed E-state index contributed by atoms with van der Waals surface area (Å²) >= 11 is 0. The lowest BCUT2D eigenvalue weighted by atomic mass is 10.0. The molecule has 2 rings (SSSR count). The zero-order valence-electron chi connectivity index (χ0n) is 13.8. The third-order valence-electron chi connectivity index (χ3n) is 3.54. The van der Waals surface area contributed by atoms with Crippen LogP contribution in [0.5, 0.6) is 0 Å². The highest BCUT2D eigenvalue weighted by molar-refractivity contribution is 7.90. The second kappa shape index (κ2) is 6.66. The molecule has 0 spiro atoms. The summed E-state index contributed by atoms with van der Waals surface area (Å²) in [7, 11) is -3.54. The predicted octanol–water partition coefficient (Wildman–Crippen LogP) is 2.21. The number of aromatic nitrogens is 3. The van der Waals surface area contributed by atoms with Gasteiger partial charge in [-0.25, -0.2) is 13.4 Å². The molecule has 2 aromatic heterocycles. The Morgan fingerprint density at radius 3 is 2.74 bits per heavy atom. The Morgan fingerprint density at radius 2 is 2.13 bits per heavy atom. The number of rotatable bonds is 6. The summed E-state index contributed by atoms with van der Waals surface area (Å²) in [6.45, 7) is 5.85. The number of fused-ring (bicyclic) bond motifs is 1. The van der Waals surface area contributed by atoms with Crippen molar-refractivity contribution in [1.29, 1.82) is 0 Å². The van der Waals surface area contributed by atoms with Crippen molar-refractivity contribution in [2.75, 3.05) is 11.6 Å². The van der Waals surface area contributed by atoms with Crippen LogP contribution >= 0.6 is 0 Å². The lowest BCUT2D eigenvalue weighted by Gasteiger charge is -2.13. The van der Waals surface area contributed by atoms with Crippen LogP contribution in [0.25, 0.3) is 5.65 Å². The first kappa shape index (κ1) is 17.4. The van der Waals surface area contributed by atoms with Gasteiger partial charge in [-0.3, -0.25) is 4.79 Å². The van der Waals surface area contributed by atoms with Gasteiger partial charge in [0.2, 0.25) is 5.91 Å². The van der Waals surface area contributed by atoms with Crippen molar-refractivity contribution in [2.24, 2.45) is 5.92 Å². The van der Waals surface area contributed by atoms with Crippen LogP contribution in [-0.4, -0.2) is 35.2 Å². The van der Waals surface area contributed by atoms with Gasteiger partial charge in [0.25, 0.3) is 0 Å². The number of nitrogens with zero attached hydrogens (tertiary/aromatic N) is 3. The maximum absolute atomic E-state index is 12.3. The average Bonchev–Trinajstić information content (AvgIpc) is 2.78. The first-order valence-corrected chi connectivity index (χ1v) is 9.46. The van der Waals surface area contributed by atoms with E-state index in [2.05, 4.69) is 22.3 Å². The number of amides is 1. The number of nitrogens with one attached hydrogen (secondary N) is 1. The third kappa shape index (κ3) is 4.07. The van der Waals surface area contributed by atoms with Crippen LogP contribution in [0, 0.1) is 12.8 Å². The maximum atomic E-state index is 12.3. The third-order valence-corrected chi connectivity index (χ3v) is 4.64. The number of sulfone groups is 1. The van der Waals surface area contributed by atoms with E-state index in [0.29, 0.717) is 17.8 Å². The zero-order chi connectivity index (χ0) is 17.2. The molecule has 0 aliphatic carbocycles. The smallest absolute Gasteiger partial charge is 0.225 e. The fourth-order valence-electron chi connectivity index (χ4n) is 2.51. The molecule has 126 valence electrons. The molecule has 0 aliphatic heterocycles. The first-order chi connectivity index (χ1) is 10.7. The van der Waals surface area contributed by atoms with E-state index in [1.807, 2.05) is 6.92 Å². The van der Waals surface area contributed by atoms with Crippen molar-refractivity contribution in [3.8, 4) is 0 Å². The van der Waals surface area contributed by atoms with E-state index in [9.17, 15) is 13.2 Å². The van der Waals surface area contributed by atoms with E-state index in [-0.39, 0.29) is 22.5 Å². The fraction of sp³-hybridized carbons (Fsp3) is 0.533. The van der Waals surface area contributed by atoms with Crippen molar-refractivity contribution < 1.29 is 13.2 Å². The molecule has 0 radical (unpaired) electrons. The van der Waals surface area contributed by atoms with Gasteiger partial charge in [-0.1, -0.05) is 26.7 Å². The molecule has 0 saturated carbocycles. The van der Waals surface area contributed by atoms with Crippen molar-refractivity contribution in [3.63, 3.8) is 0 Å². The molecule has 23 heavy (non-hydrogen) atoms. The SMILES string of the molecule is CCC[C@H](C)CC(=O)Nc1c(S(C)(=O)=O)cnc2cc(C)nn12. The second-order valence-electron chi connectivity index (χ2n) is 5.95. The number of hydrogen-bond donors (Lipinski definition) is 1. The highest BCUT2D eigenvalue weighted by Gasteiger charge is 2.21. The fourth-order valence-corrected chi connectivity index (χ4v) is 3.25. The molecular weight excluding hydrogens is 316 g/mol. The maximum Gasteiger partial charge on any atom is 0.225 e. The van der Waals surface area contributed by atoms with Crippen LogP contribution in [0.2, 0.25) is 0 Å². The van der Waals surface area contributed by atoms with Gasteiger partial charge < -0.3 is 5.32 Å². The van der Waals surface area contributed by atoms with Crippen LogP contribution in [0.4, 0.5) is 5.82 Å². The molecule has 0 aliphatic rings.